The summed E-state index contributed by atoms with van der Waals surface area (Å²) in [5, 5.41) is 0.795. The average molecular weight is 560 g/mol. The highest BCUT2D eigenvalue weighted by molar-refractivity contribution is 6.35. The van der Waals surface area contributed by atoms with Crippen LogP contribution in [0.5, 0.6) is 23.0 Å². The van der Waals surface area contributed by atoms with E-state index >= 15 is 0 Å². The Hall–Kier alpha value is -3.62. The topological polar surface area (TPSA) is 83.5 Å². The van der Waals surface area contributed by atoms with E-state index in [-0.39, 0.29) is 19.1 Å². The third kappa shape index (κ3) is 6.09. The first-order valence-corrected chi connectivity index (χ1v) is 12.5. The summed E-state index contributed by atoms with van der Waals surface area (Å²) in [4.78, 5) is 26.8. The number of benzene rings is 3. The number of hydrogen-bond acceptors (Lipinski definition) is 7. The molecule has 0 aromatic heterocycles. The van der Waals surface area contributed by atoms with Crippen molar-refractivity contribution in [1.82, 2.24) is 4.90 Å². The molecule has 1 aliphatic heterocycles. The number of esters is 1. The summed E-state index contributed by atoms with van der Waals surface area (Å²) < 4.78 is 27.5. The summed E-state index contributed by atoms with van der Waals surface area (Å²) in [6.45, 7) is 0.399. The minimum absolute atomic E-state index is 0.160. The van der Waals surface area contributed by atoms with Gasteiger partial charge in [0.1, 0.15) is 18.1 Å². The van der Waals surface area contributed by atoms with Gasteiger partial charge >= 0.3 is 5.97 Å². The van der Waals surface area contributed by atoms with Crippen molar-refractivity contribution >= 4 is 35.1 Å². The molecular weight excluding hydrogens is 533 g/mol. The number of carbonyl (C=O) groups is 2. The third-order valence-electron chi connectivity index (χ3n) is 6.25. The number of nitrogens with zero attached hydrogens (tertiary/aromatic N) is 1. The van der Waals surface area contributed by atoms with E-state index in [2.05, 4.69) is 0 Å². The highest BCUT2D eigenvalue weighted by atomic mass is 35.5. The molecule has 38 heavy (non-hydrogen) atoms. The molecular formula is C28H27Cl2NO7. The predicted octanol–water partition coefficient (Wildman–Crippen LogP) is 5.38. The third-order valence-corrected chi connectivity index (χ3v) is 6.78. The summed E-state index contributed by atoms with van der Waals surface area (Å²) in [5.74, 6) is 1.41. The highest BCUT2D eigenvalue weighted by Crippen LogP contribution is 2.38. The molecule has 0 saturated heterocycles. The second-order valence-electron chi connectivity index (χ2n) is 8.45. The van der Waals surface area contributed by atoms with E-state index in [4.69, 9.17) is 46.9 Å². The Labute approximate surface area is 230 Å². The van der Waals surface area contributed by atoms with Crippen LogP contribution in [0.15, 0.2) is 54.6 Å². The molecule has 200 valence electrons. The molecule has 0 radical (unpaired) electrons. The molecule has 0 fully saturated rings. The molecule has 1 heterocycles. The normalized spacial score (nSPS) is 14.3. The van der Waals surface area contributed by atoms with E-state index in [1.807, 2.05) is 12.1 Å². The Kier molecular flexibility index (Phi) is 8.86. The van der Waals surface area contributed by atoms with Gasteiger partial charge in [0, 0.05) is 11.6 Å². The molecule has 3 aromatic rings. The maximum atomic E-state index is 13.4. The summed E-state index contributed by atoms with van der Waals surface area (Å²) >= 11 is 12.2. The zero-order chi connectivity index (χ0) is 27.2. The van der Waals surface area contributed by atoms with E-state index in [1.165, 1.54) is 7.11 Å². The van der Waals surface area contributed by atoms with Crippen LogP contribution in [0.2, 0.25) is 10.0 Å². The molecule has 3 aromatic carbocycles. The minimum Gasteiger partial charge on any atom is -0.493 e. The first-order valence-electron chi connectivity index (χ1n) is 11.8. The first kappa shape index (κ1) is 27.4. The second-order valence-corrected chi connectivity index (χ2v) is 9.29. The number of halogens is 2. The molecule has 0 bridgehead atoms. The van der Waals surface area contributed by atoms with Gasteiger partial charge in [0.25, 0.3) is 5.91 Å². The van der Waals surface area contributed by atoms with Crippen LogP contribution in [0.25, 0.3) is 0 Å². The smallest absolute Gasteiger partial charge is 0.337 e. The first-order chi connectivity index (χ1) is 18.3. The average Bonchev–Trinajstić information content (AvgIpc) is 2.94. The Morgan fingerprint density at radius 2 is 1.61 bits per heavy atom. The Balaban J connectivity index is 1.58. The number of amides is 1. The molecule has 0 N–H and O–H groups in total. The van der Waals surface area contributed by atoms with Gasteiger partial charge in [-0.2, -0.15) is 0 Å². The SMILES string of the molecule is COC(=O)c1ccc(OC[C@H]2c3cc(OC)c(OC)cc3CCN2C(=O)COc2ccc(Cl)cc2Cl)cc1. The van der Waals surface area contributed by atoms with Crippen LogP contribution in [-0.4, -0.2) is 57.9 Å². The molecule has 8 nitrogen and oxygen atoms in total. The zero-order valence-corrected chi connectivity index (χ0v) is 22.7. The quantitative estimate of drug-likeness (QED) is 0.325. The van der Waals surface area contributed by atoms with E-state index in [0.717, 1.165) is 11.1 Å². The van der Waals surface area contributed by atoms with Crippen molar-refractivity contribution in [2.24, 2.45) is 0 Å². The lowest BCUT2D eigenvalue weighted by Gasteiger charge is -2.37. The van der Waals surface area contributed by atoms with Crippen LogP contribution in [0, 0.1) is 0 Å². The van der Waals surface area contributed by atoms with Gasteiger partial charge in [0.15, 0.2) is 18.1 Å². The summed E-state index contributed by atoms with van der Waals surface area (Å²) in [6, 6.07) is 14.8. The van der Waals surface area contributed by atoms with Crippen molar-refractivity contribution in [1.29, 1.82) is 0 Å². The van der Waals surface area contributed by atoms with E-state index in [9.17, 15) is 9.59 Å². The van der Waals surface area contributed by atoms with Gasteiger partial charge in [0.2, 0.25) is 0 Å². The lowest BCUT2D eigenvalue weighted by Crippen LogP contribution is -2.44. The Bertz CT molecular complexity index is 1310. The fourth-order valence-electron chi connectivity index (χ4n) is 4.30. The van der Waals surface area contributed by atoms with Crippen LogP contribution >= 0.6 is 23.2 Å². The van der Waals surface area contributed by atoms with Gasteiger partial charge in [-0.15, -0.1) is 0 Å². The minimum atomic E-state index is -0.435. The van der Waals surface area contributed by atoms with Gasteiger partial charge in [-0.1, -0.05) is 23.2 Å². The number of fused-ring (bicyclic) bond motifs is 1. The molecule has 0 saturated carbocycles. The van der Waals surface area contributed by atoms with E-state index < -0.39 is 12.0 Å². The molecule has 0 unspecified atom stereocenters. The van der Waals surface area contributed by atoms with Crippen LogP contribution < -0.4 is 18.9 Å². The second kappa shape index (κ2) is 12.3. The monoisotopic (exact) mass is 559 g/mol. The largest absolute Gasteiger partial charge is 0.493 e. The van der Waals surface area contributed by atoms with Crippen LogP contribution in [-0.2, 0) is 16.0 Å². The van der Waals surface area contributed by atoms with Crippen LogP contribution in [0.4, 0.5) is 0 Å². The summed E-state index contributed by atoms with van der Waals surface area (Å²) in [5.41, 5.74) is 2.33. The molecule has 1 aliphatic rings. The van der Waals surface area contributed by atoms with Crippen molar-refractivity contribution in [3.8, 4) is 23.0 Å². The van der Waals surface area contributed by atoms with Gasteiger partial charge in [0.05, 0.1) is 38.0 Å². The van der Waals surface area contributed by atoms with Crippen molar-refractivity contribution in [2.75, 3.05) is 41.1 Å². The van der Waals surface area contributed by atoms with Gasteiger partial charge in [-0.05, 0) is 72.1 Å². The zero-order valence-electron chi connectivity index (χ0n) is 21.2. The molecule has 4 rings (SSSR count). The Morgan fingerprint density at radius 3 is 2.26 bits per heavy atom. The molecule has 1 amide bonds. The standard InChI is InChI=1S/C28H27Cl2NO7/c1-34-25-12-18-10-11-31(27(32)16-38-24-9-6-19(29)13-22(24)30)23(21(18)14-26(25)35-2)15-37-20-7-4-17(5-8-20)28(33)36-3/h4-9,12-14,23H,10-11,15-16H2,1-3H3/t23-/m0/s1. The molecule has 0 spiro atoms. The van der Waals surface area contributed by atoms with Crippen molar-refractivity contribution in [3.63, 3.8) is 0 Å². The fourth-order valence-corrected chi connectivity index (χ4v) is 4.76. The van der Waals surface area contributed by atoms with Gasteiger partial charge in [-0.3, -0.25) is 4.79 Å². The number of methoxy groups -OCH3 is 3. The maximum absolute atomic E-state index is 13.4. The van der Waals surface area contributed by atoms with Crippen molar-refractivity contribution in [2.45, 2.75) is 12.5 Å². The predicted molar refractivity (Wildman–Crippen MR) is 143 cm³/mol. The van der Waals surface area contributed by atoms with Crippen molar-refractivity contribution < 1.29 is 33.3 Å². The van der Waals surface area contributed by atoms with Gasteiger partial charge < -0.3 is 28.6 Å². The number of rotatable bonds is 9. The molecule has 10 heteroatoms. The Morgan fingerprint density at radius 1 is 0.895 bits per heavy atom. The fraction of sp³-hybridized carbons (Fsp3) is 0.286. The van der Waals surface area contributed by atoms with Crippen LogP contribution in [0.1, 0.15) is 27.5 Å². The summed E-state index contributed by atoms with van der Waals surface area (Å²) in [6.07, 6.45) is 0.619. The lowest BCUT2D eigenvalue weighted by atomic mass is 9.92. The molecule has 1 atom stereocenters. The van der Waals surface area contributed by atoms with E-state index in [1.54, 1.807) is 61.6 Å². The number of ether oxygens (including phenoxy) is 5. The summed E-state index contributed by atoms with van der Waals surface area (Å²) in [7, 11) is 4.47. The van der Waals surface area contributed by atoms with Crippen molar-refractivity contribution in [3.05, 3.63) is 81.3 Å². The number of hydrogen-bond donors (Lipinski definition) is 0. The lowest BCUT2D eigenvalue weighted by molar-refractivity contribution is -0.137. The number of carbonyl (C=O) groups excluding carboxylic acids is 2. The highest BCUT2D eigenvalue weighted by Gasteiger charge is 2.33. The van der Waals surface area contributed by atoms with Crippen LogP contribution in [0.3, 0.4) is 0 Å². The molecule has 0 aliphatic carbocycles. The maximum Gasteiger partial charge on any atom is 0.337 e. The van der Waals surface area contributed by atoms with E-state index in [0.29, 0.717) is 51.6 Å². The van der Waals surface area contributed by atoms with Gasteiger partial charge in [-0.25, -0.2) is 4.79 Å².